The Morgan fingerprint density at radius 3 is 2.56 bits per heavy atom. The molecule has 6 nitrogen and oxygen atoms in total. The molecule has 2 aliphatic rings. The van der Waals surface area contributed by atoms with Crippen LogP contribution in [0, 0.1) is 18.8 Å². The van der Waals surface area contributed by atoms with Crippen molar-refractivity contribution >= 4 is 11.8 Å². The van der Waals surface area contributed by atoms with Crippen LogP contribution in [0.4, 0.5) is 0 Å². The highest BCUT2D eigenvalue weighted by Gasteiger charge is 2.32. The summed E-state index contributed by atoms with van der Waals surface area (Å²) in [6, 6.07) is 0. The van der Waals surface area contributed by atoms with Crippen molar-refractivity contribution in [2.24, 2.45) is 11.8 Å². The van der Waals surface area contributed by atoms with Crippen molar-refractivity contribution in [2.45, 2.75) is 52.5 Å². The average Bonchev–Trinajstić information content (AvgIpc) is 3.06. The minimum Gasteiger partial charge on any atom is -0.342 e. The Balaban J connectivity index is 1.49. The van der Waals surface area contributed by atoms with Gasteiger partial charge in [-0.25, -0.2) is 4.98 Å². The number of aromatic nitrogens is 2. The van der Waals surface area contributed by atoms with E-state index in [2.05, 4.69) is 9.55 Å². The Labute approximate surface area is 150 Å². The molecule has 1 unspecified atom stereocenters. The van der Waals surface area contributed by atoms with Gasteiger partial charge in [-0.1, -0.05) is 6.92 Å². The fourth-order valence-corrected chi connectivity index (χ4v) is 4.10. The van der Waals surface area contributed by atoms with Crippen LogP contribution in [0.25, 0.3) is 0 Å². The van der Waals surface area contributed by atoms with Crippen LogP contribution in [0.2, 0.25) is 0 Å². The number of aryl methyl sites for hydroxylation is 1. The minimum atomic E-state index is -0.00306. The number of amides is 2. The number of nitrogens with zero attached hydrogens (tertiary/aromatic N) is 4. The van der Waals surface area contributed by atoms with Crippen LogP contribution in [-0.4, -0.2) is 57.3 Å². The predicted octanol–water partition coefficient (Wildman–Crippen LogP) is 2.08. The van der Waals surface area contributed by atoms with E-state index < -0.39 is 0 Å². The van der Waals surface area contributed by atoms with Gasteiger partial charge in [0.2, 0.25) is 11.8 Å². The summed E-state index contributed by atoms with van der Waals surface area (Å²) in [7, 11) is 0. The van der Waals surface area contributed by atoms with Gasteiger partial charge in [-0.05, 0) is 38.5 Å². The molecule has 0 aromatic carbocycles. The van der Waals surface area contributed by atoms with E-state index in [9.17, 15) is 9.59 Å². The van der Waals surface area contributed by atoms with Gasteiger partial charge in [-0.2, -0.15) is 0 Å². The zero-order chi connectivity index (χ0) is 17.8. The van der Waals surface area contributed by atoms with Crippen LogP contribution >= 0.6 is 0 Å². The molecule has 2 amide bonds. The fraction of sp³-hybridized carbons (Fsp3) is 0.737. The summed E-state index contributed by atoms with van der Waals surface area (Å²) in [5.74, 6) is 2.09. The second-order valence-corrected chi connectivity index (χ2v) is 7.43. The molecule has 2 aliphatic heterocycles. The summed E-state index contributed by atoms with van der Waals surface area (Å²) in [5.41, 5.74) is 0. The summed E-state index contributed by atoms with van der Waals surface area (Å²) in [6.45, 7) is 8.02. The van der Waals surface area contributed by atoms with Crippen LogP contribution in [-0.2, 0) is 16.1 Å². The molecule has 3 heterocycles. The van der Waals surface area contributed by atoms with Crippen LogP contribution in [0.3, 0.4) is 0 Å². The SMILES string of the molecule is CCC(=O)N1CCCC(C(=O)N2CCC(Cn3ccnc3C)CC2)C1. The summed E-state index contributed by atoms with van der Waals surface area (Å²) in [5, 5.41) is 0. The Morgan fingerprint density at radius 2 is 1.92 bits per heavy atom. The van der Waals surface area contributed by atoms with E-state index in [1.165, 1.54) is 0 Å². The van der Waals surface area contributed by atoms with Crippen molar-refractivity contribution in [1.29, 1.82) is 0 Å². The van der Waals surface area contributed by atoms with E-state index in [0.717, 1.165) is 57.7 Å². The Bertz CT molecular complexity index is 604. The summed E-state index contributed by atoms with van der Waals surface area (Å²) in [4.78, 5) is 33.0. The van der Waals surface area contributed by atoms with Crippen molar-refractivity contribution in [3.63, 3.8) is 0 Å². The average molecular weight is 346 g/mol. The summed E-state index contributed by atoms with van der Waals surface area (Å²) in [6.07, 6.45) is 8.37. The van der Waals surface area contributed by atoms with Gasteiger partial charge >= 0.3 is 0 Å². The maximum atomic E-state index is 12.9. The number of rotatable bonds is 4. The van der Waals surface area contributed by atoms with E-state index in [0.29, 0.717) is 18.9 Å². The standard InChI is InChI=1S/C19H30N4O2/c1-3-18(24)23-9-4-5-17(14-23)19(25)21-10-6-16(7-11-21)13-22-12-8-20-15(22)2/h8,12,16-17H,3-7,9-11,13-14H2,1-2H3. The number of piperidine rings is 2. The van der Waals surface area contributed by atoms with Crippen LogP contribution in [0.1, 0.15) is 44.9 Å². The maximum absolute atomic E-state index is 12.9. The van der Waals surface area contributed by atoms with Gasteiger partial charge in [0.25, 0.3) is 0 Å². The molecule has 1 atom stereocenters. The van der Waals surface area contributed by atoms with Gasteiger partial charge in [-0.15, -0.1) is 0 Å². The molecule has 1 aromatic rings. The molecular formula is C19H30N4O2. The molecule has 6 heteroatoms. The molecule has 1 aromatic heterocycles. The van der Waals surface area contributed by atoms with E-state index >= 15 is 0 Å². The lowest BCUT2D eigenvalue weighted by molar-refractivity contribution is -0.141. The molecule has 0 bridgehead atoms. The van der Waals surface area contributed by atoms with Crippen molar-refractivity contribution in [3.05, 3.63) is 18.2 Å². The van der Waals surface area contributed by atoms with E-state index in [1.807, 2.05) is 36.0 Å². The largest absolute Gasteiger partial charge is 0.342 e. The number of hydrogen-bond donors (Lipinski definition) is 0. The molecule has 2 saturated heterocycles. The normalized spacial score (nSPS) is 22.2. The Kier molecular flexibility index (Phi) is 5.76. The van der Waals surface area contributed by atoms with Crippen LogP contribution in [0.5, 0.6) is 0 Å². The van der Waals surface area contributed by atoms with Crippen molar-refractivity contribution < 1.29 is 9.59 Å². The third-order valence-corrected chi connectivity index (χ3v) is 5.73. The molecule has 3 rings (SSSR count). The molecule has 138 valence electrons. The zero-order valence-corrected chi connectivity index (χ0v) is 15.5. The van der Waals surface area contributed by atoms with Gasteiger partial charge in [0.15, 0.2) is 0 Å². The number of carbonyl (C=O) groups is 2. The quantitative estimate of drug-likeness (QED) is 0.839. The Morgan fingerprint density at radius 1 is 1.16 bits per heavy atom. The summed E-state index contributed by atoms with van der Waals surface area (Å²) < 4.78 is 2.21. The second-order valence-electron chi connectivity index (χ2n) is 7.43. The first kappa shape index (κ1) is 18.0. The van der Waals surface area contributed by atoms with Crippen molar-refractivity contribution in [1.82, 2.24) is 19.4 Å². The maximum Gasteiger partial charge on any atom is 0.227 e. The molecular weight excluding hydrogens is 316 g/mol. The highest BCUT2D eigenvalue weighted by Crippen LogP contribution is 2.24. The topological polar surface area (TPSA) is 58.4 Å². The lowest BCUT2D eigenvalue weighted by atomic mass is 9.92. The van der Waals surface area contributed by atoms with Crippen LogP contribution in [0.15, 0.2) is 12.4 Å². The molecule has 2 fully saturated rings. The first-order chi connectivity index (χ1) is 12.1. The molecule has 0 N–H and O–H groups in total. The third kappa shape index (κ3) is 4.22. The smallest absolute Gasteiger partial charge is 0.227 e. The number of hydrogen-bond acceptors (Lipinski definition) is 3. The van der Waals surface area contributed by atoms with E-state index in [4.69, 9.17) is 0 Å². The van der Waals surface area contributed by atoms with E-state index in [1.54, 1.807) is 0 Å². The lowest BCUT2D eigenvalue weighted by Crippen LogP contribution is -2.48. The molecule has 0 radical (unpaired) electrons. The Hall–Kier alpha value is -1.85. The van der Waals surface area contributed by atoms with Crippen molar-refractivity contribution in [2.75, 3.05) is 26.2 Å². The zero-order valence-electron chi connectivity index (χ0n) is 15.5. The van der Waals surface area contributed by atoms with Gasteiger partial charge in [0, 0.05) is 51.5 Å². The minimum absolute atomic E-state index is 0.00306. The van der Waals surface area contributed by atoms with Crippen molar-refractivity contribution in [3.8, 4) is 0 Å². The van der Waals surface area contributed by atoms with Gasteiger partial charge < -0.3 is 14.4 Å². The number of carbonyl (C=O) groups excluding carboxylic acids is 2. The van der Waals surface area contributed by atoms with Crippen LogP contribution < -0.4 is 0 Å². The summed E-state index contributed by atoms with van der Waals surface area (Å²) >= 11 is 0. The molecule has 0 spiro atoms. The van der Waals surface area contributed by atoms with E-state index in [-0.39, 0.29) is 17.7 Å². The third-order valence-electron chi connectivity index (χ3n) is 5.73. The molecule has 25 heavy (non-hydrogen) atoms. The fourth-order valence-electron chi connectivity index (χ4n) is 4.10. The lowest BCUT2D eigenvalue weighted by Gasteiger charge is -2.38. The highest BCUT2D eigenvalue weighted by molar-refractivity contribution is 5.81. The monoisotopic (exact) mass is 346 g/mol. The molecule has 0 saturated carbocycles. The first-order valence-corrected chi connectivity index (χ1v) is 9.62. The van der Waals surface area contributed by atoms with Gasteiger partial charge in [0.05, 0.1) is 5.92 Å². The second kappa shape index (κ2) is 8.02. The first-order valence-electron chi connectivity index (χ1n) is 9.62. The number of likely N-dealkylation sites (tertiary alicyclic amines) is 2. The molecule has 0 aliphatic carbocycles. The van der Waals surface area contributed by atoms with Gasteiger partial charge in [-0.3, -0.25) is 9.59 Å². The number of imidazole rings is 1. The predicted molar refractivity (Wildman–Crippen MR) is 95.9 cm³/mol. The van der Waals surface area contributed by atoms with Gasteiger partial charge in [0.1, 0.15) is 5.82 Å². The highest BCUT2D eigenvalue weighted by atomic mass is 16.2.